The van der Waals surface area contributed by atoms with Gasteiger partial charge in [0.2, 0.25) is 0 Å². The van der Waals surface area contributed by atoms with E-state index >= 15 is 0 Å². The normalized spacial score (nSPS) is 12.5. The summed E-state index contributed by atoms with van der Waals surface area (Å²) >= 11 is 0. The van der Waals surface area contributed by atoms with Gasteiger partial charge in [-0.1, -0.05) is 42.5 Å². The van der Waals surface area contributed by atoms with Gasteiger partial charge < -0.3 is 9.73 Å². The highest BCUT2D eigenvalue weighted by atomic mass is 16.3. The van der Waals surface area contributed by atoms with Gasteiger partial charge >= 0.3 is 0 Å². The summed E-state index contributed by atoms with van der Waals surface area (Å²) in [5.41, 5.74) is 3.38. The Labute approximate surface area is 146 Å². The minimum absolute atomic E-state index is 0.155. The van der Waals surface area contributed by atoms with Crippen molar-refractivity contribution in [3.05, 3.63) is 84.1 Å². The van der Waals surface area contributed by atoms with Crippen LogP contribution in [0.25, 0.3) is 11.0 Å². The Balaban J connectivity index is 1.37. The van der Waals surface area contributed by atoms with Crippen molar-refractivity contribution < 1.29 is 4.42 Å². The predicted octanol–water partition coefficient (Wildman–Crippen LogP) is 3.92. The zero-order chi connectivity index (χ0) is 17.1. The number of aromatic nitrogens is 3. The molecule has 0 aliphatic carbocycles. The van der Waals surface area contributed by atoms with E-state index in [1.54, 1.807) is 12.7 Å². The van der Waals surface area contributed by atoms with Crippen LogP contribution < -0.4 is 5.32 Å². The largest absolute Gasteiger partial charge is 0.459 e. The van der Waals surface area contributed by atoms with E-state index in [0.29, 0.717) is 0 Å². The first kappa shape index (κ1) is 15.6. The number of para-hydroxylation sites is 1. The molecule has 5 nitrogen and oxygen atoms in total. The quantitative estimate of drug-likeness (QED) is 0.581. The molecule has 4 aromatic rings. The lowest BCUT2D eigenvalue weighted by molar-refractivity contribution is 0.451. The Morgan fingerprint density at radius 2 is 1.88 bits per heavy atom. The molecule has 0 aliphatic heterocycles. The molecule has 2 heterocycles. The molecule has 0 saturated carbocycles. The summed E-state index contributed by atoms with van der Waals surface area (Å²) in [5, 5.41) is 8.79. The monoisotopic (exact) mass is 332 g/mol. The van der Waals surface area contributed by atoms with E-state index in [9.17, 15) is 0 Å². The van der Waals surface area contributed by atoms with Crippen LogP contribution in [-0.4, -0.2) is 14.8 Å². The number of fused-ring (bicyclic) bond motifs is 1. The minimum Gasteiger partial charge on any atom is -0.459 e. The summed E-state index contributed by atoms with van der Waals surface area (Å²) in [6.45, 7) is 3.65. The number of nitrogens with one attached hydrogen (secondary N) is 1. The van der Waals surface area contributed by atoms with Crippen LogP contribution in [0.2, 0.25) is 0 Å². The molecular formula is C20H20N4O. The van der Waals surface area contributed by atoms with E-state index in [0.717, 1.165) is 29.8 Å². The van der Waals surface area contributed by atoms with Crippen molar-refractivity contribution in [2.45, 2.75) is 26.1 Å². The Bertz CT molecular complexity index is 908. The first-order chi connectivity index (χ1) is 12.3. The fraction of sp³-hybridized carbons (Fsp3) is 0.200. The van der Waals surface area contributed by atoms with E-state index in [1.165, 1.54) is 11.1 Å². The molecular weight excluding hydrogens is 312 g/mol. The van der Waals surface area contributed by atoms with Gasteiger partial charge in [0.05, 0.1) is 12.6 Å². The van der Waals surface area contributed by atoms with Crippen molar-refractivity contribution in [2.75, 3.05) is 0 Å². The molecule has 2 aromatic heterocycles. The lowest BCUT2D eigenvalue weighted by Gasteiger charge is -2.11. The molecule has 1 atom stereocenters. The summed E-state index contributed by atoms with van der Waals surface area (Å²) in [5.74, 6) is 0.962. The molecule has 0 aliphatic rings. The molecule has 126 valence electrons. The van der Waals surface area contributed by atoms with Crippen molar-refractivity contribution in [1.29, 1.82) is 0 Å². The summed E-state index contributed by atoms with van der Waals surface area (Å²) in [7, 11) is 0. The van der Waals surface area contributed by atoms with Gasteiger partial charge in [0.1, 0.15) is 24.0 Å². The molecule has 4 rings (SSSR count). The first-order valence-corrected chi connectivity index (χ1v) is 8.40. The van der Waals surface area contributed by atoms with Crippen molar-refractivity contribution in [2.24, 2.45) is 0 Å². The molecule has 25 heavy (non-hydrogen) atoms. The van der Waals surface area contributed by atoms with Crippen LogP contribution >= 0.6 is 0 Å². The molecule has 0 saturated heterocycles. The van der Waals surface area contributed by atoms with Crippen LogP contribution in [0.1, 0.15) is 29.9 Å². The number of nitrogens with zero attached hydrogens (tertiary/aromatic N) is 3. The van der Waals surface area contributed by atoms with Crippen molar-refractivity contribution in [1.82, 2.24) is 20.1 Å². The maximum absolute atomic E-state index is 5.92. The van der Waals surface area contributed by atoms with Gasteiger partial charge in [-0.15, -0.1) is 0 Å². The number of benzene rings is 2. The zero-order valence-corrected chi connectivity index (χ0v) is 14.1. The molecule has 0 spiro atoms. The molecule has 5 heteroatoms. The first-order valence-electron chi connectivity index (χ1n) is 8.40. The van der Waals surface area contributed by atoms with Gasteiger partial charge in [0.25, 0.3) is 0 Å². The van der Waals surface area contributed by atoms with Gasteiger partial charge in [-0.25, -0.2) is 9.67 Å². The van der Waals surface area contributed by atoms with Gasteiger partial charge in [-0.2, -0.15) is 5.10 Å². The second kappa shape index (κ2) is 6.91. The SMILES string of the molecule is C[C@@H](NCc1ccc(Cn2cncn2)cc1)c1cc2ccccc2o1. The van der Waals surface area contributed by atoms with Gasteiger partial charge in [0.15, 0.2) is 0 Å². The second-order valence-corrected chi connectivity index (χ2v) is 6.20. The molecule has 0 radical (unpaired) electrons. The Kier molecular flexibility index (Phi) is 4.31. The maximum atomic E-state index is 5.92. The van der Waals surface area contributed by atoms with Crippen LogP contribution in [0, 0.1) is 0 Å². The average Bonchev–Trinajstić information content (AvgIpc) is 3.30. The number of furan rings is 1. The average molecular weight is 332 g/mol. The lowest BCUT2D eigenvalue weighted by atomic mass is 10.1. The summed E-state index contributed by atoms with van der Waals surface area (Å²) in [4.78, 5) is 3.96. The lowest BCUT2D eigenvalue weighted by Crippen LogP contribution is -2.17. The number of rotatable bonds is 6. The van der Waals surface area contributed by atoms with Crippen molar-refractivity contribution in [3.63, 3.8) is 0 Å². The minimum atomic E-state index is 0.155. The third-order valence-corrected chi connectivity index (χ3v) is 4.32. The van der Waals surface area contributed by atoms with E-state index in [4.69, 9.17) is 4.42 Å². The van der Waals surface area contributed by atoms with Crippen LogP contribution in [0.4, 0.5) is 0 Å². The van der Waals surface area contributed by atoms with Gasteiger partial charge in [0, 0.05) is 11.9 Å². The molecule has 0 fully saturated rings. The standard InChI is InChI=1S/C20H20N4O/c1-15(20-10-18-4-2-3-5-19(18)25-20)22-11-16-6-8-17(9-7-16)12-24-14-21-13-23-24/h2-10,13-15,22H,11-12H2,1H3/t15-/m1/s1. The van der Waals surface area contributed by atoms with Crippen LogP contribution in [0.5, 0.6) is 0 Å². The smallest absolute Gasteiger partial charge is 0.137 e. The van der Waals surface area contributed by atoms with Crippen LogP contribution in [0.15, 0.2) is 71.7 Å². The molecule has 0 amide bonds. The van der Waals surface area contributed by atoms with E-state index in [2.05, 4.69) is 58.7 Å². The molecule has 0 bridgehead atoms. The Morgan fingerprint density at radius 1 is 1.08 bits per heavy atom. The Morgan fingerprint density at radius 3 is 2.64 bits per heavy atom. The number of hydrogen-bond acceptors (Lipinski definition) is 4. The maximum Gasteiger partial charge on any atom is 0.137 e. The fourth-order valence-electron chi connectivity index (χ4n) is 2.85. The predicted molar refractivity (Wildman–Crippen MR) is 97.0 cm³/mol. The summed E-state index contributed by atoms with van der Waals surface area (Å²) in [6.07, 6.45) is 3.28. The van der Waals surface area contributed by atoms with E-state index < -0.39 is 0 Å². The van der Waals surface area contributed by atoms with Gasteiger partial charge in [-0.3, -0.25) is 0 Å². The van der Waals surface area contributed by atoms with Crippen LogP contribution in [-0.2, 0) is 13.1 Å². The highest BCUT2D eigenvalue weighted by molar-refractivity contribution is 5.77. The van der Waals surface area contributed by atoms with Crippen molar-refractivity contribution in [3.8, 4) is 0 Å². The Hall–Kier alpha value is -2.92. The highest BCUT2D eigenvalue weighted by Gasteiger charge is 2.10. The molecule has 1 N–H and O–H groups in total. The zero-order valence-electron chi connectivity index (χ0n) is 14.1. The topological polar surface area (TPSA) is 55.9 Å². The third-order valence-electron chi connectivity index (χ3n) is 4.32. The molecule has 2 aromatic carbocycles. The molecule has 0 unspecified atom stereocenters. The third kappa shape index (κ3) is 3.61. The van der Waals surface area contributed by atoms with Crippen LogP contribution in [0.3, 0.4) is 0 Å². The van der Waals surface area contributed by atoms with E-state index in [-0.39, 0.29) is 6.04 Å². The van der Waals surface area contributed by atoms with Gasteiger partial charge in [-0.05, 0) is 30.2 Å². The fourth-order valence-corrected chi connectivity index (χ4v) is 2.85. The van der Waals surface area contributed by atoms with Crippen molar-refractivity contribution >= 4 is 11.0 Å². The number of hydrogen-bond donors (Lipinski definition) is 1. The highest BCUT2D eigenvalue weighted by Crippen LogP contribution is 2.23. The summed E-state index contributed by atoms with van der Waals surface area (Å²) in [6, 6.07) is 18.9. The second-order valence-electron chi connectivity index (χ2n) is 6.20. The summed E-state index contributed by atoms with van der Waals surface area (Å²) < 4.78 is 7.73. The van der Waals surface area contributed by atoms with E-state index in [1.807, 2.05) is 22.9 Å².